The second kappa shape index (κ2) is 9.43. The molecule has 1 aromatic rings. The molecule has 0 aliphatic carbocycles. The molecule has 0 aromatic heterocycles. The molecule has 1 unspecified atom stereocenters. The van der Waals surface area contributed by atoms with Gasteiger partial charge >= 0.3 is 0 Å². The summed E-state index contributed by atoms with van der Waals surface area (Å²) >= 11 is 0. The van der Waals surface area contributed by atoms with E-state index in [1.807, 2.05) is 37.3 Å². The van der Waals surface area contributed by atoms with E-state index in [0.717, 1.165) is 18.7 Å². The van der Waals surface area contributed by atoms with Crippen molar-refractivity contribution in [2.75, 3.05) is 19.6 Å². The van der Waals surface area contributed by atoms with Gasteiger partial charge in [-0.25, -0.2) is 0 Å². The first-order valence-electron chi connectivity index (χ1n) is 7.46. The molecule has 0 radical (unpaired) electrons. The van der Waals surface area contributed by atoms with Crippen molar-refractivity contribution in [1.29, 1.82) is 0 Å². The third kappa shape index (κ3) is 5.66. The number of carbonyl (C=O) groups is 2. The highest BCUT2D eigenvalue weighted by molar-refractivity contribution is 5.85. The normalized spacial score (nSPS) is 15.1. The maximum atomic E-state index is 11.9. The minimum Gasteiger partial charge on any atom is -0.355 e. The fourth-order valence-corrected chi connectivity index (χ4v) is 2.22. The number of rotatable bonds is 7. The largest absolute Gasteiger partial charge is 0.355 e. The summed E-state index contributed by atoms with van der Waals surface area (Å²) in [5.74, 6) is 0.435. The van der Waals surface area contributed by atoms with Crippen LogP contribution in [0.25, 0.3) is 0 Å². The molecule has 22 heavy (non-hydrogen) atoms. The molecule has 1 aliphatic heterocycles. The molecular formula is C16H24ClN3O2. The summed E-state index contributed by atoms with van der Waals surface area (Å²) in [4.78, 5) is 23.6. The summed E-state index contributed by atoms with van der Waals surface area (Å²) in [6.45, 7) is 4.68. The molecule has 1 fully saturated rings. The van der Waals surface area contributed by atoms with Gasteiger partial charge in [-0.1, -0.05) is 37.3 Å². The molecule has 1 saturated heterocycles. The third-order valence-electron chi connectivity index (χ3n) is 3.92. The van der Waals surface area contributed by atoms with Gasteiger partial charge in [0, 0.05) is 25.4 Å². The molecular weight excluding hydrogens is 302 g/mol. The van der Waals surface area contributed by atoms with Gasteiger partial charge in [0.25, 0.3) is 0 Å². The number of benzene rings is 1. The Morgan fingerprint density at radius 3 is 2.50 bits per heavy atom. The molecule has 0 bridgehead atoms. The van der Waals surface area contributed by atoms with Gasteiger partial charge < -0.3 is 16.0 Å². The second-order valence-electron chi connectivity index (χ2n) is 5.51. The van der Waals surface area contributed by atoms with Crippen LogP contribution in [0.3, 0.4) is 0 Å². The molecule has 2 rings (SSSR count). The van der Waals surface area contributed by atoms with E-state index < -0.39 is 0 Å². The van der Waals surface area contributed by atoms with Gasteiger partial charge in [0.2, 0.25) is 11.8 Å². The lowest BCUT2D eigenvalue weighted by atomic mass is 9.88. The third-order valence-corrected chi connectivity index (χ3v) is 3.92. The Hall–Kier alpha value is -1.59. The Bertz CT molecular complexity index is 478. The van der Waals surface area contributed by atoms with Gasteiger partial charge in [-0.15, -0.1) is 12.4 Å². The molecule has 1 aliphatic rings. The van der Waals surface area contributed by atoms with Crippen molar-refractivity contribution in [3.63, 3.8) is 0 Å². The van der Waals surface area contributed by atoms with E-state index >= 15 is 0 Å². The molecule has 122 valence electrons. The highest BCUT2D eigenvalue weighted by atomic mass is 35.5. The van der Waals surface area contributed by atoms with Crippen LogP contribution in [-0.4, -0.2) is 31.4 Å². The first-order chi connectivity index (χ1) is 10.2. The van der Waals surface area contributed by atoms with Crippen molar-refractivity contribution < 1.29 is 9.59 Å². The van der Waals surface area contributed by atoms with Gasteiger partial charge in [0.1, 0.15) is 0 Å². The Balaban J connectivity index is 0.00000242. The molecule has 1 atom stereocenters. The van der Waals surface area contributed by atoms with Gasteiger partial charge in [-0.3, -0.25) is 9.59 Å². The van der Waals surface area contributed by atoms with E-state index in [0.29, 0.717) is 25.4 Å². The van der Waals surface area contributed by atoms with Crippen molar-refractivity contribution in [1.82, 2.24) is 16.0 Å². The van der Waals surface area contributed by atoms with Crippen molar-refractivity contribution >= 4 is 24.2 Å². The van der Waals surface area contributed by atoms with E-state index in [4.69, 9.17) is 0 Å². The zero-order chi connectivity index (χ0) is 15.1. The van der Waals surface area contributed by atoms with Crippen LogP contribution in [0.5, 0.6) is 0 Å². The fraction of sp³-hybridized carbons (Fsp3) is 0.500. The van der Waals surface area contributed by atoms with Crippen molar-refractivity contribution in [3.05, 3.63) is 35.9 Å². The lowest BCUT2D eigenvalue weighted by Crippen LogP contribution is -2.49. The average Bonchev–Trinajstić information content (AvgIpc) is 2.44. The monoisotopic (exact) mass is 325 g/mol. The molecule has 0 spiro atoms. The molecule has 0 saturated carbocycles. The van der Waals surface area contributed by atoms with Crippen LogP contribution < -0.4 is 16.0 Å². The summed E-state index contributed by atoms with van der Waals surface area (Å²) in [5, 5.41) is 8.84. The standard InChI is InChI=1S/C16H23N3O2.ClH/c1-12(14-10-17-11-14)16(21)18-8-7-15(20)19-9-13-5-3-2-4-6-13;/h2-6,12,14,17H,7-11H2,1H3,(H,18,21)(H,19,20);1H. The predicted octanol–water partition coefficient (Wildman–Crippen LogP) is 1.09. The first kappa shape index (κ1) is 18.5. The van der Waals surface area contributed by atoms with Gasteiger partial charge in [0.15, 0.2) is 0 Å². The Morgan fingerprint density at radius 1 is 1.23 bits per heavy atom. The quantitative estimate of drug-likeness (QED) is 0.703. The summed E-state index contributed by atoms with van der Waals surface area (Å²) in [6, 6.07) is 9.77. The maximum absolute atomic E-state index is 11.9. The van der Waals surface area contributed by atoms with E-state index in [2.05, 4.69) is 16.0 Å². The van der Waals surface area contributed by atoms with Gasteiger partial charge in [0.05, 0.1) is 0 Å². The van der Waals surface area contributed by atoms with Crippen LogP contribution in [0.15, 0.2) is 30.3 Å². The zero-order valence-corrected chi connectivity index (χ0v) is 13.6. The molecule has 6 heteroatoms. The lowest BCUT2D eigenvalue weighted by Gasteiger charge is -2.31. The minimum atomic E-state index is -0.0443. The van der Waals surface area contributed by atoms with Crippen LogP contribution in [0.1, 0.15) is 18.9 Å². The smallest absolute Gasteiger partial charge is 0.223 e. The SMILES string of the molecule is CC(C(=O)NCCC(=O)NCc1ccccc1)C1CNC1.Cl. The molecule has 1 aromatic carbocycles. The van der Waals surface area contributed by atoms with Crippen LogP contribution in [0.2, 0.25) is 0 Å². The average molecular weight is 326 g/mol. The number of carbonyl (C=O) groups excluding carboxylic acids is 2. The number of hydrogen-bond acceptors (Lipinski definition) is 3. The fourth-order valence-electron chi connectivity index (χ4n) is 2.22. The molecule has 2 amide bonds. The summed E-state index contributed by atoms with van der Waals surface area (Å²) < 4.78 is 0. The van der Waals surface area contributed by atoms with Crippen LogP contribution in [0, 0.1) is 11.8 Å². The van der Waals surface area contributed by atoms with E-state index in [9.17, 15) is 9.59 Å². The van der Waals surface area contributed by atoms with E-state index in [1.165, 1.54) is 0 Å². The Morgan fingerprint density at radius 2 is 1.91 bits per heavy atom. The highest BCUT2D eigenvalue weighted by Crippen LogP contribution is 2.15. The summed E-state index contributed by atoms with van der Waals surface area (Å²) in [5.41, 5.74) is 1.07. The molecule has 1 heterocycles. The Labute approximate surface area is 137 Å². The number of amides is 2. The lowest BCUT2D eigenvalue weighted by molar-refractivity contribution is -0.126. The van der Waals surface area contributed by atoms with Gasteiger partial charge in [-0.2, -0.15) is 0 Å². The Kier molecular flexibility index (Phi) is 7.91. The topological polar surface area (TPSA) is 70.2 Å². The van der Waals surface area contributed by atoms with Crippen molar-refractivity contribution in [2.45, 2.75) is 19.9 Å². The van der Waals surface area contributed by atoms with Crippen molar-refractivity contribution in [2.24, 2.45) is 11.8 Å². The molecule has 3 N–H and O–H groups in total. The van der Waals surface area contributed by atoms with E-state index in [-0.39, 0.29) is 30.1 Å². The van der Waals surface area contributed by atoms with Crippen LogP contribution >= 0.6 is 12.4 Å². The summed E-state index contributed by atoms with van der Waals surface area (Å²) in [6.07, 6.45) is 0.314. The molecule has 5 nitrogen and oxygen atoms in total. The second-order valence-corrected chi connectivity index (χ2v) is 5.51. The zero-order valence-electron chi connectivity index (χ0n) is 12.8. The van der Waals surface area contributed by atoms with Crippen molar-refractivity contribution in [3.8, 4) is 0 Å². The predicted molar refractivity (Wildman–Crippen MR) is 88.7 cm³/mol. The van der Waals surface area contributed by atoms with E-state index in [1.54, 1.807) is 0 Å². The minimum absolute atomic E-state index is 0. The highest BCUT2D eigenvalue weighted by Gasteiger charge is 2.28. The first-order valence-corrected chi connectivity index (χ1v) is 7.46. The van der Waals surface area contributed by atoms with Gasteiger partial charge in [-0.05, 0) is 24.6 Å². The summed E-state index contributed by atoms with van der Waals surface area (Å²) in [7, 11) is 0. The van der Waals surface area contributed by atoms with Crippen LogP contribution in [-0.2, 0) is 16.1 Å². The maximum Gasteiger partial charge on any atom is 0.223 e. The van der Waals surface area contributed by atoms with Crippen LogP contribution in [0.4, 0.5) is 0 Å². The number of halogens is 1. The number of nitrogens with one attached hydrogen (secondary N) is 3. The number of hydrogen-bond donors (Lipinski definition) is 3.